The number of hydrogen-bond acceptors (Lipinski definition) is 3. The second-order valence-corrected chi connectivity index (χ2v) is 4.09. The monoisotopic (exact) mass is 280 g/mol. The first-order valence-electron chi connectivity index (χ1n) is 5.43. The maximum Gasteiger partial charge on any atom is 0.263 e. The molecule has 0 spiro atoms. The van der Waals surface area contributed by atoms with E-state index in [1.807, 2.05) is 0 Å². The number of ether oxygens (including phenoxy) is 1. The van der Waals surface area contributed by atoms with Crippen LogP contribution in [-0.2, 0) is 4.79 Å². The average Bonchev–Trinajstić information content (AvgIpc) is 2.41. The summed E-state index contributed by atoms with van der Waals surface area (Å²) in [4.78, 5) is 15.5. The zero-order chi connectivity index (χ0) is 13.7. The molecule has 1 aromatic carbocycles. The van der Waals surface area contributed by atoms with Crippen LogP contribution >= 0.6 is 11.6 Å². The van der Waals surface area contributed by atoms with E-state index in [0.29, 0.717) is 16.6 Å². The Labute approximate surface area is 114 Å². The van der Waals surface area contributed by atoms with Crippen LogP contribution in [0.15, 0.2) is 42.6 Å². The van der Waals surface area contributed by atoms with Crippen LogP contribution in [0.4, 0.5) is 10.2 Å². The van der Waals surface area contributed by atoms with Gasteiger partial charge < -0.3 is 10.1 Å². The van der Waals surface area contributed by atoms with Gasteiger partial charge in [0.15, 0.2) is 6.61 Å². The van der Waals surface area contributed by atoms with Gasteiger partial charge in [0.05, 0.1) is 5.02 Å². The highest BCUT2D eigenvalue weighted by Crippen LogP contribution is 2.12. The van der Waals surface area contributed by atoms with E-state index in [1.165, 1.54) is 30.5 Å². The van der Waals surface area contributed by atoms with Crippen LogP contribution in [0.2, 0.25) is 5.02 Å². The van der Waals surface area contributed by atoms with E-state index in [9.17, 15) is 9.18 Å². The molecule has 0 aliphatic heterocycles. The zero-order valence-electron chi connectivity index (χ0n) is 9.77. The number of carbonyl (C=O) groups is 1. The minimum Gasteiger partial charge on any atom is -0.484 e. The van der Waals surface area contributed by atoms with E-state index in [4.69, 9.17) is 16.3 Å². The highest BCUT2D eigenvalue weighted by molar-refractivity contribution is 6.30. The summed E-state index contributed by atoms with van der Waals surface area (Å²) in [5, 5.41) is 3.03. The Hall–Kier alpha value is -2.14. The quantitative estimate of drug-likeness (QED) is 0.937. The molecule has 0 aliphatic carbocycles. The Kier molecular flexibility index (Phi) is 4.30. The molecule has 1 N–H and O–H groups in total. The summed E-state index contributed by atoms with van der Waals surface area (Å²) in [6.07, 6.45) is 1.43. The first-order valence-corrected chi connectivity index (χ1v) is 5.81. The molecule has 98 valence electrons. The van der Waals surface area contributed by atoms with Crippen LogP contribution in [0.3, 0.4) is 0 Å². The number of amides is 1. The molecule has 0 saturated carbocycles. The Balaban J connectivity index is 1.84. The number of anilines is 1. The van der Waals surface area contributed by atoms with Crippen molar-refractivity contribution in [1.82, 2.24) is 4.98 Å². The summed E-state index contributed by atoms with van der Waals surface area (Å²) in [7, 11) is 0. The minimum absolute atomic E-state index is 0.185. The molecule has 4 nitrogen and oxygen atoms in total. The van der Waals surface area contributed by atoms with Gasteiger partial charge in [-0.2, -0.15) is 0 Å². The third kappa shape index (κ3) is 4.22. The van der Waals surface area contributed by atoms with Crippen LogP contribution in [0.5, 0.6) is 5.75 Å². The second kappa shape index (κ2) is 6.15. The van der Waals surface area contributed by atoms with E-state index in [0.717, 1.165) is 0 Å². The van der Waals surface area contributed by atoms with Gasteiger partial charge in [-0.25, -0.2) is 9.37 Å². The van der Waals surface area contributed by atoms with Gasteiger partial charge in [-0.3, -0.25) is 4.79 Å². The number of hydrogen-bond donors (Lipinski definition) is 1. The Morgan fingerprint density at radius 3 is 2.63 bits per heavy atom. The maximum absolute atomic E-state index is 12.7. The molecule has 2 aromatic rings. The van der Waals surface area contributed by atoms with Crippen molar-refractivity contribution < 1.29 is 13.9 Å². The molecular weight excluding hydrogens is 271 g/mol. The fourth-order valence-corrected chi connectivity index (χ4v) is 1.42. The average molecular weight is 281 g/mol. The predicted octanol–water partition coefficient (Wildman–Crippen LogP) is 2.89. The summed E-state index contributed by atoms with van der Waals surface area (Å²) in [6, 6.07) is 8.61. The molecule has 1 amide bonds. The number of aromatic nitrogens is 1. The van der Waals surface area contributed by atoms with Crippen LogP contribution in [0, 0.1) is 5.82 Å². The van der Waals surface area contributed by atoms with E-state index in [-0.39, 0.29) is 18.3 Å². The van der Waals surface area contributed by atoms with E-state index >= 15 is 0 Å². The van der Waals surface area contributed by atoms with Crippen molar-refractivity contribution in [3.63, 3.8) is 0 Å². The van der Waals surface area contributed by atoms with Gasteiger partial charge in [0.25, 0.3) is 5.91 Å². The Bertz CT molecular complexity index is 558. The first kappa shape index (κ1) is 13.3. The van der Waals surface area contributed by atoms with Crippen molar-refractivity contribution in [3.05, 3.63) is 53.4 Å². The largest absolute Gasteiger partial charge is 0.484 e. The van der Waals surface area contributed by atoms with Crippen LogP contribution in [0.25, 0.3) is 0 Å². The molecule has 0 fully saturated rings. The van der Waals surface area contributed by atoms with E-state index in [1.54, 1.807) is 12.1 Å². The van der Waals surface area contributed by atoms with Crippen LogP contribution < -0.4 is 10.1 Å². The number of benzene rings is 1. The molecule has 0 bridgehead atoms. The van der Waals surface area contributed by atoms with Crippen molar-refractivity contribution >= 4 is 23.3 Å². The summed E-state index contributed by atoms with van der Waals surface area (Å²) in [5.74, 6) is 0.0824. The lowest BCUT2D eigenvalue weighted by molar-refractivity contribution is -0.118. The van der Waals surface area contributed by atoms with Gasteiger partial charge in [-0.05, 0) is 36.4 Å². The number of nitrogens with zero attached hydrogens (tertiary/aromatic N) is 1. The van der Waals surface area contributed by atoms with Crippen molar-refractivity contribution in [2.24, 2.45) is 0 Å². The fraction of sp³-hybridized carbons (Fsp3) is 0.0769. The third-order valence-corrected chi connectivity index (χ3v) is 2.40. The molecule has 6 heteroatoms. The van der Waals surface area contributed by atoms with Gasteiger partial charge >= 0.3 is 0 Å². The number of carbonyl (C=O) groups excluding carboxylic acids is 1. The van der Waals surface area contributed by atoms with Crippen LogP contribution in [0.1, 0.15) is 0 Å². The van der Waals surface area contributed by atoms with Crippen molar-refractivity contribution in [2.75, 3.05) is 11.9 Å². The molecule has 0 saturated heterocycles. The van der Waals surface area contributed by atoms with E-state index in [2.05, 4.69) is 10.3 Å². The highest BCUT2D eigenvalue weighted by Gasteiger charge is 2.04. The number of halogens is 2. The third-order valence-electron chi connectivity index (χ3n) is 2.18. The molecule has 1 aromatic heterocycles. The molecule has 0 aliphatic rings. The van der Waals surface area contributed by atoms with Gasteiger partial charge in [0, 0.05) is 6.20 Å². The summed E-state index contributed by atoms with van der Waals surface area (Å²) >= 11 is 5.67. The van der Waals surface area contributed by atoms with Crippen molar-refractivity contribution in [1.29, 1.82) is 0 Å². The highest BCUT2D eigenvalue weighted by atomic mass is 35.5. The normalized spacial score (nSPS) is 10.0. The lowest BCUT2D eigenvalue weighted by atomic mass is 10.3. The zero-order valence-corrected chi connectivity index (χ0v) is 10.5. The molecule has 2 rings (SSSR count). The molecule has 0 atom stereocenters. The summed E-state index contributed by atoms with van der Waals surface area (Å²) < 4.78 is 17.8. The minimum atomic E-state index is -0.362. The molecule has 19 heavy (non-hydrogen) atoms. The number of nitrogens with one attached hydrogen (secondary N) is 1. The van der Waals surface area contributed by atoms with E-state index < -0.39 is 0 Å². The molecular formula is C13H10ClFN2O2. The van der Waals surface area contributed by atoms with Crippen molar-refractivity contribution in [2.45, 2.75) is 0 Å². The lowest BCUT2D eigenvalue weighted by Crippen LogP contribution is -2.20. The first-order chi connectivity index (χ1) is 9.13. The second-order valence-electron chi connectivity index (χ2n) is 3.65. The summed E-state index contributed by atoms with van der Waals surface area (Å²) in [6.45, 7) is -0.185. The standard InChI is InChI=1S/C13H10ClFN2O2/c14-9-1-6-12(16-7-9)17-13(18)8-19-11-4-2-10(15)3-5-11/h1-7H,8H2,(H,16,17,18). The maximum atomic E-state index is 12.7. The Morgan fingerprint density at radius 2 is 2.00 bits per heavy atom. The summed E-state index contributed by atoms with van der Waals surface area (Å²) in [5.41, 5.74) is 0. The van der Waals surface area contributed by atoms with Gasteiger partial charge in [-0.1, -0.05) is 11.6 Å². The van der Waals surface area contributed by atoms with Crippen molar-refractivity contribution in [3.8, 4) is 5.75 Å². The smallest absolute Gasteiger partial charge is 0.263 e. The number of rotatable bonds is 4. The number of pyridine rings is 1. The topological polar surface area (TPSA) is 51.2 Å². The fourth-order valence-electron chi connectivity index (χ4n) is 1.31. The molecule has 1 heterocycles. The molecule has 0 radical (unpaired) electrons. The van der Waals surface area contributed by atoms with Gasteiger partial charge in [-0.15, -0.1) is 0 Å². The van der Waals surface area contributed by atoms with Gasteiger partial charge in [0.2, 0.25) is 0 Å². The Morgan fingerprint density at radius 1 is 1.26 bits per heavy atom. The predicted molar refractivity (Wildman–Crippen MR) is 69.8 cm³/mol. The molecule has 0 unspecified atom stereocenters. The van der Waals surface area contributed by atoms with Crippen LogP contribution in [-0.4, -0.2) is 17.5 Å². The lowest BCUT2D eigenvalue weighted by Gasteiger charge is -2.06. The van der Waals surface area contributed by atoms with Gasteiger partial charge in [0.1, 0.15) is 17.4 Å². The SMILES string of the molecule is O=C(COc1ccc(F)cc1)Nc1ccc(Cl)cn1.